The minimum Gasteiger partial charge on any atom is -0.493 e. The van der Waals surface area contributed by atoms with Crippen molar-refractivity contribution in [3.63, 3.8) is 0 Å². The molecule has 0 saturated carbocycles. The third kappa shape index (κ3) is 8.93. The summed E-state index contributed by atoms with van der Waals surface area (Å²) in [6, 6.07) is 13.2. The van der Waals surface area contributed by atoms with Gasteiger partial charge in [0.15, 0.2) is 15.8 Å². The summed E-state index contributed by atoms with van der Waals surface area (Å²) in [5.41, 5.74) is 2.69. The molecule has 1 aliphatic rings. The SMILES string of the molecule is COc1cc(C=C(C#N)C(=O)Nc2nnc(SCCN3CCOCC3)s2)ccc1OCCOc1c(C)cccc1C. The van der Waals surface area contributed by atoms with Gasteiger partial charge in [-0.15, -0.1) is 10.2 Å². The highest BCUT2D eigenvalue weighted by Gasteiger charge is 2.15. The summed E-state index contributed by atoms with van der Waals surface area (Å²) >= 11 is 2.87. The fraction of sp³-hybridized carbons (Fsp3) is 0.379. The molecule has 0 atom stereocenters. The van der Waals surface area contributed by atoms with Crippen LogP contribution in [0, 0.1) is 25.2 Å². The molecule has 1 fully saturated rings. The third-order valence-corrected chi connectivity index (χ3v) is 8.18. The van der Waals surface area contributed by atoms with Gasteiger partial charge in [0.05, 0.1) is 20.3 Å². The van der Waals surface area contributed by atoms with Crippen LogP contribution < -0.4 is 19.5 Å². The Hall–Kier alpha value is -3.63. The van der Waals surface area contributed by atoms with Gasteiger partial charge in [-0.1, -0.05) is 47.4 Å². The van der Waals surface area contributed by atoms with E-state index in [-0.39, 0.29) is 5.57 Å². The molecule has 0 spiro atoms. The van der Waals surface area contributed by atoms with Gasteiger partial charge in [0.2, 0.25) is 5.13 Å². The Morgan fingerprint density at radius 3 is 2.63 bits per heavy atom. The average molecular weight is 596 g/mol. The van der Waals surface area contributed by atoms with E-state index in [4.69, 9.17) is 18.9 Å². The van der Waals surface area contributed by atoms with Crippen LogP contribution in [0.4, 0.5) is 5.13 Å². The summed E-state index contributed by atoms with van der Waals surface area (Å²) in [5, 5.41) is 20.8. The van der Waals surface area contributed by atoms with Crippen LogP contribution in [0.1, 0.15) is 16.7 Å². The van der Waals surface area contributed by atoms with E-state index < -0.39 is 5.91 Å². The molecule has 1 aromatic heterocycles. The first-order valence-electron chi connectivity index (χ1n) is 13.2. The second-order valence-electron chi connectivity index (χ2n) is 9.13. The number of nitriles is 1. The molecule has 0 radical (unpaired) electrons. The molecular weight excluding hydrogens is 562 g/mol. The van der Waals surface area contributed by atoms with Gasteiger partial charge in [0.25, 0.3) is 5.91 Å². The maximum absolute atomic E-state index is 12.8. The van der Waals surface area contributed by atoms with E-state index in [1.165, 1.54) is 24.5 Å². The maximum atomic E-state index is 12.8. The molecule has 0 aliphatic carbocycles. The highest BCUT2D eigenvalue weighted by molar-refractivity contribution is 8.01. The van der Waals surface area contributed by atoms with Gasteiger partial charge in [0.1, 0.15) is 30.6 Å². The molecule has 3 aromatic rings. The topological polar surface area (TPSA) is 119 Å². The lowest BCUT2D eigenvalue weighted by Gasteiger charge is -2.25. The molecule has 0 unspecified atom stereocenters. The van der Waals surface area contributed by atoms with Gasteiger partial charge in [-0.2, -0.15) is 5.26 Å². The Morgan fingerprint density at radius 1 is 1.15 bits per heavy atom. The summed E-state index contributed by atoms with van der Waals surface area (Å²) in [6.07, 6.45) is 1.49. The van der Waals surface area contributed by atoms with Crippen LogP contribution in [-0.2, 0) is 9.53 Å². The number of carbonyl (C=O) groups is 1. The Balaban J connectivity index is 1.29. The van der Waals surface area contributed by atoms with E-state index in [1.807, 2.05) is 38.1 Å². The largest absolute Gasteiger partial charge is 0.493 e. The van der Waals surface area contributed by atoms with Crippen molar-refractivity contribution in [2.75, 3.05) is 64.2 Å². The number of morpholine rings is 1. The fourth-order valence-corrected chi connectivity index (χ4v) is 5.92. The van der Waals surface area contributed by atoms with Crippen molar-refractivity contribution >= 4 is 40.2 Å². The van der Waals surface area contributed by atoms with Crippen LogP contribution in [0.5, 0.6) is 17.2 Å². The van der Waals surface area contributed by atoms with Gasteiger partial charge in [-0.05, 0) is 48.7 Å². The van der Waals surface area contributed by atoms with E-state index in [2.05, 4.69) is 20.4 Å². The van der Waals surface area contributed by atoms with Crippen LogP contribution in [0.2, 0.25) is 0 Å². The summed E-state index contributed by atoms with van der Waals surface area (Å²) in [6.45, 7) is 9.05. The number of nitrogens with zero attached hydrogens (tertiary/aromatic N) is 4. The monoisotopic (exact) mass is 595 g/mol. The first-order valence-corrected chi connectivity index (χ1v) is 15.0. The number of hydrogen-bond acceptors (Lipinski definition) is 11. The number of amides is 1. The van der Waals surface area contributed by atoms with E-state index in [0.29, 0.717) is 35.4 Å². The number of aromatic nitrogens is 2. The van der Waals surface area contributed by atoms with Crippen molar-refractivity contribution in [3.05, 3.63) is 58.7 Å². The predicted octanol–water partition coefficient (Wildman–Crippen LogP) is 4.59. The molecule has 4 rings (SSSR count). The van der Waals surface area contributed by atoms with Crippen molar-refractivity contribution in [1.82, 2.24) is 15.1 Å². The van der Waals surface area contributed by atoms with Crippen LogP contribution in [-0.4, -0.2) is 79.9 Å². The van der Waals surface area contributed by atoms with Crippen LogP contribution in [0.15, 0.2) is 46.3 Å². The van der Waals surface area contributed by atoms with Gasteiger partial charge in [-0.3, -0.25) is 15.0 Å². The quantitative estimate of drug-likeness (QED) is 0.0988. The number of nitrogens with one attached hydrogen (secondary N) is 1. The number of anilines is 1. The fourth-order valence-electron chi connectivity index (χ4n) is 4.10. The Bertz CT molecular complexity index is 1380. The average Bonchev–Trinajstić information content (AvgIpc) is 3.43. The van der Waals surface area contributed by atoms with E-state index in [1.54, 1.807) is 30.0 Å². The minimum absolute atomic E-state index is 0.0700. The first-order chi connectivity index (χ1) is 20.0. The molecule has 2 aromatic carbocycles. The van der Waals surface area contributed by atoms with Crippen LogP contribution >= 0.6 is 23.1 Å². The van der Waals surface area contributed by atoms with Crippen molar-refractivity contribution in [1.29, 1.82) is 5.26 Å². The summed E-state index contributed by atoms with van der Waals surface area (Å²) in [7, 11) is 1.53. The Kier molecular flexibility index (Phi) is 11.4. The standard InChI is InChI=1S/C29H33N5O5S2/c1-20-5-4-6-21(2)26(20)39-15-14-38-24-8-7-22(18-25(24)36-3)17-23(19-30)27(35)31-28-32-33-29(41-28)40-16-11-34-9-12-37-13-10-34/h4-8,17-18H,9-16H2,1-3H3,(H,31,32,35). The van der Waals surface area contributed by atoms with Crippen molar-refractivity contribution in [2.24, 2.45) is 0 Å². The number of aryl methyl sites for hydroxylation is 2. The highest BCUT2D eigenvalue weighted by atomic mass is 32.2. The summed E-state index contributed by atoms with van der Waals surface area (Å²) < 4.78 is 23.4. The normalized spacial score (nSPS) is 13.9. The first kappa shape index (κ1) is 30.3. The zero-order valence-corrected chi connectivity index (χ0v) is 25.0. The number of carbonyl (C=O) groups excluding carboxylic acids is 1. The molecule has 12 heteroatoms. The second kappa shape index (κ2) is 15.4. The van der Waals surface area contributed by atoms with Gasteiger partial charge in [-0.25, -0.2) is 0 Å². The molecule has 10 nitrogen and oxygen atoms in total. The van der Waals surface area contributed by atoms with Gasteiger partial charge in [0, 0.05) is 25.4 Å². The smallest absolute Gasteiger partial charge is 0.268 e. The summed E-state index contributed by atoms with van der Waals surface area (Å²) in [4.78, 5) is 15.1. The number of ether oxygens (including phenoxy) is 4. The third-order valence-electron chi connectivity index (χ3n) is 6.22. The Morgan fingerprint density at radius 2 is 1.90 bits per heavy atom. The molecule has 216 valence electrons. The molecule has 1 aliphatic heterocycles. The molecule has 1 N–H and O–H groups in total. The molecule has 2 heterocycles. The van der Waals surface area contributed by atoms with Crippen molar-refractivity contribution in [2.45, 2.75) is 18.2 Å². The minimum atomic E-state index is -0.559. The summed E-state index contributed by atoms with van der Waals surface area (Å²) in [5.74, 6) is 2.18. The molecular formula is C29H33N5O5S2. The molecule has 0 bridgehead atoms. The van der Waals surface area contributed by atoms with E-state index >= 15 is 0 Å². The van der Waals surface area contributed by atoms with E-state index in [9.17, 15) is 10.1 Å². The number of thioether (sulfide) groups is 1. The van der Waals surface area contributed by atoms with Crippen LogP contribution in [0.25, 0.3) is 6.08 Å². The number of methoxy groups -OCH3 is 1. The predicted molar refractivity (Wildman–Crippen MR) is 160 cm³/mol. The molecule has 1 amide bonds. The second-order valence-corrected chi connectivity index (χ2v) is 11.4. The number of para-hydroxylation sites is 1. The number of hydrogen-bond donors (Lipinski definition) is 1. The van der Waals surface area contributed by atoms with E-state index in [0.717, 1.165) is 59.8 Å². The van der Waals surface area contributed by atoms with Crippen molar-refractivity contribution in [3.8, 4) is 23.3 Å². The molecule has 1 saturated heterocycles. The zero-order chi connectivity index (χ0) is 29.0. The highest BCUT2D eigenvalue weighted by Crippen LogP contribution is 2.30. The van der Waals surface area contributed by atoms with Gasteiger partial charge < -0.3 is 18.9 Å². The van der Waals surface area contributed by atoms with Gasteiger partial charge >= 0.3 is 0 Å². The lowest BCUT2D eigenvalue weighted by atomic mass is 10.1. The number of benzene rings is 2. The van der Waals surface area contributed by atoms with Crippen LogP contribution in [0.3, 0.4) is 0 Å². The lowest BCUT2D eigenvalue weighted by molar-refractivity contribution is -0.112. The molecule has 41 heavy (non-hydrogen) atoms. The zero-order valence-electron chi connectivity index (χ0n) is 23.3. The lowest BCUT2D eigenvalue weighted by Crippen LogP contribution is -2.37. The maximum Gasteiger partial charge on any atom is 0.268 e. The Labute approximate surface area is 248 Å². The number of rotatable bonds is 13. The van der Waals surface area contributed by atoms with Crippen molar-refractivity contribution < 1.29 is 23.7 Å².